The van der Waals surface area contributed by atoms with Crippen LogP contribution in [-0.4, -0.2) is 17.9 Å². The van der Waals surface area contributed by atoms with E-state index in [0.29, 0.717) is 16.5 Å². The number of halogens is 1. The van der Waals surface area contributed by atoms with E-state index in [1.165, 1.54) is 13.2 Å². The fourth-order valence-corrected chi connectivity index (χ4v) is 1.82. The number of nitrogens with one attached hydrogen (secondary N) is 1. The van der Waals surface area contributed by atoms with Crippen molar-refractivity contribution >= 4 is 29.1 Å². The van der Waals surface area contributed by atoms with Crippen LogP contribution >= 0.6 is 11.6 Å². The summed E-state index contributed by atoms with van der Waals surface area (Å²) >= 11 is 5.97. The van der Waals surface area contributed by atoms with Gasteiger partial charge in [0.2, 0.25) is 0 Å². The summed E-state index contributed by atoms with van der Waals surface area (Å²) < 4.78 is 9.95. The summed E-state index contributed by atoms with van der Waals surface area (Å²) in [6.45, 7) is 1.77. The highest BCUT2D eigenvalue weighted by molar-refractivity contribution is 6.31. The summed E-state index contributed by atoms with van der Waals surface area (Å²) in [4.78, 5) is 21.8. The lowest BCUT2D eigenvalue weighted by molar-refractivity contribution is -0.402. The summed E-state index contributed by atoms with van der Waals surface area (Å²) in [5.74, 6) is -0.918. The first kappa shape index (κ1) is 14.9. The lowest BCUT2D eigenvalue weighted by Crippen LogP contribution is -2.12. The van der Waals surface area contributed by atoms with Crippen molar-refractivity contribution in [2.75, 3.05) is 12.4 Å². The van der Waals surface area contributed by atoms with Gasteiger partial charge < -0.3 is 14.5 Å². The normalized spacial score (nSPS) is 10.2. The van der Waals surface area contributed by atoms with Crippen LogP contribution in [0.5, 0.6) is 5.75 Å². The summed E-state index contributed by atoms with van der Waals surface area (Å²) in [5.41, 5.74) is 1.14. The SMILES string of the molecule is COc1cc(Cl)c(C)cc1NC(=O)c1ccc([N+](=O)[O-])o1. The van der Waals surface area contributed by atoms with Crippen molar-refractivity contribution in [2.45, 2.75) is 6.92 Å². The molecule has 0 fully saturated rings. The maximum atomic E-state index is 12.0. The van der Waals surface area contributed by atoms with Crippen molar-refractivity contribution in [3.05, 3.63) is 50.7 Å². The zero-order valence-corrected chi connectivity index (χ0v) is 11.9. The molecule has 1 aromatic heterocycles. The van der Waals surface area contributed by atoms with Gasteiger partial charge in [-0.3, -0.25) is 14.9 Å². The number of rotatable bonds is 4. The number of amides is 1. The minimum absolute atomic E-state index is 0.170. The second kappa shape index (κ2) is 5.84. The summed E-state index contributed by atoms with van der Waals surface area (Å²) in [5, 5.41) is 13.6. The number of carbonyl (C=O) groups is 1. The average Bonchev–Trinajstić information content (AvgIpc) is 2.92. The van der Waals surface area contributed by atoms with E-state index in [1.807, 2.05) is 0 Å². The molecule has 7 nitrogen and oxygen atoms in total. The molecule has 0 saturated heterocycles. The van der Waals surface area contributed by atoms with Crippen LogP contribution in [0.25, 0.3) is 0 Å². The highest BCUT2D eigenvalue weighted by Gasteiger charge is 2.19. The molecule has 0 aliphatic carbocycles. The minimum Gasteiger partial charge on any atom is -0.495 e. The van der Waals surface area contributed by atoms with Crippen LogP contribution in [0.4, 0.5) is 11.6 Å². The van der Waals surface area contributed by atoms with Gasteiger partial charge in [0.05, 0.1) is 18.9 Å². The summed E-state index contributed by atoms with van der Waals surface area (Å²) in [7, 11) is 1.44. The van der Waals surface area contributed by atoms with E-state index in [1.54, 1.807) is 19.1 Å². The summed E-state index contributed by atoms with van der Waals surface area (Å²) in [6.07, 6.45) is 0. The second-order valence-electron chi connectivity index (χ2n) is 4.15. The van der Waals surface area contributed by atoms with Gasteiger partial charge in [-0.25, -0.2) is 0 Å². The number of furan rings is 1. The van der Waals surface area contributed by atoms with Crippen molar-refractivity contribution in [2.24, 2.45) is 0 Å². The van der Waals surface area contributed by atoms with Crippen molar-refractivity contribution in [1.82, 2.24) is 0 Å². The highest BCUT2D eigenvalue weighted by atomic mass is 35.5. The Morgan fingerprint density at radius 3 is 2.71 bits per heavy atom. The molecule has 110 valence electrons. The molecule has 0 aliphatic rings. The Labute approximate surface area is 124 Å². The number of ether oxygens (including phenoxy) is 1. The Hall–Kier alpha value is -2.54. The minimum atomic E-state index is -0.718. The number of hydrogen-bond donors (Lipinski definition) is 1. The van der Waals surface area contributed by atoms with E-state index >= 15 is 0 Å². The first-order chi connectivity index (χ1) is 9.92. The first-order valence-electron chi connectivity index (χ1n) is 5.82. The molecule has 0 aliphatic heterocycles. The number of anilines is 1. The fourth-order valence-electron chi connectivity index (χ4n) is 1.66. The third-order valence-electron chi connectivity index (χ3n) is 2.72. The molecule has 8 heteroatoms. The number of hydrogen-bond acceptors (Lipinski definition) is 5. The van der Waals surface area contributed by atoms with Crippen molar-refractivity contribution < 1.29 is 18.9 Å². The number of nitrogens with zero attached hydrogens (tertiary/aromatic N) is 1. The number of nitro groups is 1. The molecule has 0 unspecified atom stereocenters. The van der Waals surface area contributed by atoms with Crippen LogP contribution in [0.2, 0.25) is 5.02 Å². The average molecular weight is 311 g/mol. The first-order valence-corrected chi connectivity index (χ1v) is 6.20. The van der Waals surface area contributed by atoms with Crippen LogP contribution in [0.15, 0.2) is 28.7 Å². The smallest absolute Gasteiger partial charge is 0.433 e. The predicted octanol–water partition coefficient (Wildman–Crippen LogP) is 3.41. The van der Waals surface area contributed by atoms with Gasteiger partial charge in [0.15, 0.2) is 5.76 Å². The van der Waals surface area contributed by atoms with Gasteiger partial charge in [0.1, 0.15) is 10.7 Å². The van der Waals surface area contributed by atoms with Gasteiger partial charge in [-0.15, -0.1) is 0 Å². The van der Waals surface area contributed by atoms with Crippen LogP contribution in [0.3, 0.4) is 0 Å². The van der Waals surface area contributed by atoms with Crippen molar-refractivity contribution in [3.63, 3.8) is 0 Å². The van der Waals surface area contributed by atoms with Gasteiger partial charge in [-0.2, -0.15) is 0 Å². The zero-order valence-electron chi connectivity index (χ0n) is 11.2. The molecule has 1 heterocycles. The molecule has 0 saturated carbocycles. The molecule has 0 bridgehead atoms. The van der Waals surface area contributed by atoms with Crippen LogP contribution in [-0.2, 0) is 0 Å². The fraction of sp³-hybridized carbons (Fsp3) is 0.154. The largest absolute Gasteiger partial charge is 0.495 e. The number of benzene rings is 1. The van der Waals surface area contributed by atoms with E-state index in [4.69, 9.17) is 20.8 Å². The maximum absolute atomic E-state index is 12.0. The van der Waals surface area contributed by atoms with Gasteiger partial charge in [0, 0.05) is 11.1 Å². The quantitative estimate of drug-likeness (QED) is 0.689. The Morgan fingerprint density at radius 1 is 1.43 bits per heavy atom. The topological polar surface area (TPSA) is 94.6 Å². The third kappa shape index (κ3) is 3.14. The van der Waals surface area contributed by atoms with Crippen LogP contribution in [0.1, 0.15) is 16.1 Å². The molecule has 21 heavy (non-hydrogen) atoms. The molecule has 1 amide bonds. The van der Waals surface area contributed by atoms with Gasteiger partial charge in [-0.1, -0.05) is 11.6 Å². The molecule has 2 rings (SSSR count). The van der Waals surface area contributed by atoms with E-state index in [-0.39, 0.29) is 5.76 Å². The molecule has 2 aromatic rings. The molecule has 0 spiro atoms. The zero-order chi connectivity index (χ0) is 15.6. The number of carbonyl (C=O) groups excluding carboxylic acids is 1. The number of aryl methyl sites for hydroxylation is 1. The lowest BCUT2D eigenvalue weighted by atomic mass is 10.2. The second-order valence-corrected chi connectivity index (χ2v) is 4.56. The molecule has 1 N–H and O–H groups in total. The highest BCUT2D eigenvalue weighted by Crippen LogP contribution is 2.31. The van der Waals surface area contributed by atoms with E-state index in [2.05, 4.69) is 5.32 Å². The monoisotopic (exact) mass is 310 g/mol. The van der Waals surface area contributed by atoms with Gasteiger partial charge in [0.25, 0.3) is 5.91 Å². The van der Waals surface area contributed by atoms with Crippen LogP contribution < -0.4 is 10.1 Å². The number of methoxy groups -OCH3 is 1. The van der Waals surface area contributed by atoms with Crippen LogP contribution in [0, 0.1) is 17.0 Å². The van der Waals surface area contributed by atoms with E-state index < -0.39 is 16.7 Å². The molecule has 1 aromatic carbocycles. The standard InChI is InChI=1S/C13H11ClN2O5/c1-7-5-9(11(20-2)6-8(7)14)15-13(17)10-3-4-12(21-10)16(18)19/h3-6H,1-2H3,(H,15,17). The predicted molar refractivity (Wildman–Crippen MR) is 76.1 cm³/mol. The van der Waals surface area contributed by atoms with Crippen molar-refractivity contribution in [1.29, 1.82) is 0 Å². The molecular weight excluding hydrogens is 300 g/mol. The third-order valence-corrected chi connectivity index (χ3v) is 3.13. The Morgan fingerprint density at radius 2 is 2.14 bits per heavy atom. The summed E-state index contributed by atoms with van der Waals surface area (Å²) in [6, 6.07) is 5.54. The van der Waals surface area contributed by atoms with Gasteiger partial charge in [-0.05, 0) is 24.6 Å². The van der Waals surface area contributed by atoms with Gasteiger partial charge >= 0.3 is 5.88 Å². The molecular formula is C13H11ClN2O5. The van der Waals surface area contributed by atoms with E-state index in [9.17, 15) is 14.9 Å². The Bertz CT molecular complexity index is 711. The van der Waals surface area contributed by atoms with E-state index in [0.717, 1.165) is 11.6 Å². The maximum Gasteiger partial charge on any atom is 0.433 e. The molecule has 0 radical (unpaired) electrons. The van der Waals surface area contributed by atoms with Crippen molar-refractivity contribution in [3.8, 4) is 5.75 Å². The Kier molecular flexibility index (Phi) is 4.13. The Balaban J connectivity index is 2.26. The molecule has 0 atom stereocenters. The lowest BCUT2D eigenvalue weighted by Gasteiger charge is -2.11.